The quantitative estimate of drug-likeness (QED) is 0.0321. The van der Waals surface area contributed by atoms with Gasteiger partial charge in [0, 0.05) is 6.42 Å². The summed E-state index contributed by atoms with van der Waals surface area (Å²) in [6.45, 7) is 6.50. The number of amides is 1. The number of allylic oxidation sites excluding steroid dienone is 8. The average molecular weight is 955 g/mol. The molecule has 0 spiro atoms. The molecule has 398 valence electrons. The molecule has 68 heavy (non-hydrogen) atoms. The number of hydrogen-bond acceptors (Lipinski definition) is 5. The standard InChI is InChI=1S/C62H115NO5/c1-4-7-10-13-16-19-22-25-28-30-31-34-37-40-43-46-49-52-55-62(67)68-58(53-50-47-44-41-38-35-33-29-26-23-20-17-14-11-8-5-2)56-61(66)63-59(57-64)60(65)54-51-48-45-42-39-36-32-27-24-21-18-15-12-9-6-3/h28-31,33-35,38,58-60,64-65H,4-27,32,36-37,39-57H2,1-3H3,(H,63,66)/b30-28+,33-29+,34-31+,38-35+. The zero-order chi connectivity index (χ0) is 49.5. The average Bonchev–Trinajstić information content (AvgIpc) is 3.33. The van der Waals surface area contributed by atoms with Crippen LogP contribution in [0.5, 0.6) is 0 Å². The zero-order valence-corrected chi connectivity index (χ0v) is 45.5. The summed E-state index contributed by atoms with van der Waals surface area (Å²) in [4.78, 5) is 26.3. The van der Waals surface area contributed by atoms with Gasteiger partial charge in [0.05, 0.1) is 25.2 Å². The van der Waals surface area contributed by atoms with Gasteiger partial charge in [0.15, 0.2) is 0 Å². The molecule has 0 saturated heterocycles. The molecular formula is C62H115NO5. The van der Waals surface area contributed by atoms with Gasteiger partial charge in [-0.1, -0.05) is 268 Å². The Morgan fingerprint density at radius 2 is 0.735 bits per heavy atom. The van der Waals surface area contributed by atoms with Crippen molar-refractivity contribution in [1.82, 2.24) is 5.32 Å². The molecule has 3 N–H and O–H groups in total. The van der Waals surface area contributed by atoms with Gasteiger partial charge in [-0.2, -0.15) is 0 Å². The second-order valence-electron chi connectivity index (χ2n) is 20.5. The van der Waals surface area contributed by atoms with E-state index in [9.17, 15) is 19.8 Å². The zero-order valence-electron chi connectivity index (χ0n) is 45.5. The van der Waals surface area contributed by atoms with E-state index < -0.39 is 18.2 Å². The Morgan fingerprint density at radius 3 is 1.10 bits per heavy atom. The molecule has 0 rings (SSSR count). The molecular weight excluding hydrogens is 839 g/mol. The molecule has 0 aromatic heterocycles. The summed E-state index contributed by atoms with van der Waals surface area (Å²) < 4.78 is 5.95. The number of nitrogens with one attached hydrogen (secondary N) is 1. The minimum Gasteiger partial charge on any atom is -0.462 e. The molecule has 0 aromatic carbocycles. The van der Waals surface area contributed by atoms with Gasteiger partial charge in [0.2, 0.25) is 5.91 Å². The van der Waals surface area contributed by atoms with Crippen LogP contribution in [0.2, 0.25) is 0 Å². The Hall–Kier alpha value is -2.18. The number of aliphatic hydroxyl groups excluding tert-OH is 2. The van der Waals surface area contributed by atoms with Crippen LogP contribution < -0.4 is 5.32 Å². The fourth-order valence-corrected chi connectivity index (χ4v) is 9.12. The molecule has 6 heteroatoms. The molecule has 0 heterocycles. The van der Waals surface area contributed by atoms with Crippen molar-refractivity contribution in [2.75, 3.05) is 6.61 Å². The van der Waals surface area contributed by atoms with Crippen LogP contribution in [0.1, 0.15) is 310 Å². The van der Waals surface area contributed by atoms with Gasteiger partial charge < -0.3 is 20.3 Å². The van der Waals surface area contributed by atoms with Crippen LogP contribution in [-0.4, -0.2) is 46.9 Å². The third-order valence-electron chi connectivity index (χ3n) is 13.7. The first-order valence-corrected chi connectivity index (χ1v) is 29.9. The Balaban J connectivity index is 4.61. The molecule has 3 unspecified atom stereocenters. The highest BCUT2D eigenvalue weighted by Gasteiger charge is 2.24. The van der Waals surface area contributed by atoms with Crippen molar-refractivity contribution in [3.63, 3.8) is 0 Å². The summed E-state index contributed by atoms with van der Waals surface area (Å²) >= 11 is 0. The van der Waals surface area contributed by atoms with Gasteiger partial charge in [0.25, 0.3) is 0 Å². The summed E-state index contributed by atoms with van der Waals surface area (Å²) in [5, 5.41) is 23.9. The van der Waals surface area contributed by atoms with E-state index in [0.29, 0.717) is 19.3 Å². The molecule has 6 nitrogen and oxygen atoms in total. The van der Waals surface area contributed by atoms with E-state index in [1.54, 1.807) is 0 Å². The lowest BCUT2D eigenvalue weighted by molar-refractivity contribution is -0.151. The van der Waals surface area contributed by atoms with Gasteiger partial charge in [0.1, 0.15) is 6.10 Å². The molecule has 0 radical (unpaired) electrons. The minimum atomic E-state index is -0.799. The van der Waals surface area contributed by atoms with Gasteiger partial charge in [-0.05, 0) is 77.0 Å². The van der Waals surface area contributed by atoms with Crippen LogP contribution >= 0.6 is 0 Å². The van der Waals surface area contributed by atoms with E-state index in [-0.39, 0.29) is 24.9 Å². The minimum absolute atomic E-state index is 0.0547. The first-order valence-electron chi connectivity index (χ1n) is 29.9. The van der Waals surface area contributed by atoms with Crippen molar-refractivity contribution in [3.8, 4) is 0 Å². The Bertz CT molecular complexity index is 1160. The second kappa shape index (κ2) is 55.7. The fraction of sp³-hybridized carbons (Fsp3) is 0.839. The third-order valence-corrected chi connectivity index (χ3v) is 13.7. The van der Waals surface area contributed by atoms with Crippen molar-refractivity contribution in [3.05, 3.63) is 48.6 Å². The lowest BCUT2D eigenvalue weighted by Gasteiger charge is -2.24. The molecule has 0 aromatic rings. The van der Waals surface area contributed by atoms with Crippen LogP contribution in [0.3, 0.4) is 0 Å². The normalized spacial score (nSPS) is 13.4. The van der Waals surface area contributed by atoms with Gasteiger partial charge in [-0.15, -0.1) is 0 Å². The van der Waals surface area contributed by atoms with E-state index in [2.05, 4.69) is 74.7 Å². The Labute approximate surface area is 423 Å². The van der Waals surface area contributed by atoms with E-state index in [1.165, 1.54) is 180 Å². The van der Waals surface area contributed by atoms with Crippen molar-refractivity contribution in [2.24, 2.45) is 0 Å². The molecule has 1 amide bonds. The van der Waals surface area contributed by atoms with Gasteiger partial charge in [-0.25, -0.2) is 0 Å². The molecule has 0 aliphatic carbocycles. The highest BCUT2D eigenvalue weighted by molar-refractivity contribution is 5.77. The number of aliphatic hydroxyl groups is 2. The molecule has 0 fully saturated rings. The Morgan fingerprint density at radius 1 is 0.426 bits per heavy atom. The number of ether oxygens (including phenoxy) is 1. The largest absolute Gasteiger partial charge is 0.462 e. The van der Waals surface area contributed by atoms with E-state index in [0.717, 1.165) is 83.5 Å². The van der Waals surface area contributed by atoms with Crippen LogP contribution in [0.25, 0.3) is 0 Å². The van der Waals surface area contributed by atoms with Crippen LogP contribution in [0, 0.1) is 0 Å². The highest BCUT2D eigenvalue weighted by Crippen LogP contribution is 2.18. The summed E-state index contributed by atoms with van der Waals surface area (Å²) in [6, 6.07) is -0.714. The number of unbranched alkanes of at least 4 members (excludes halogenated alkanes) is 36. The Kier molecular flexibility index (Phi) is 54.0. The second-order valence-corrected chi connectivity index (χ2v) is 20.5. The summed E-state index contributed by atoms with van der Waals surface area (Å²) in [5.74, 6) is -0.506. The van der Waals surface area contributed by atoms with E-state index >= 15 is 0 Å². The van der Waals surface area contributed by atoms with Crippen LogP contribution in [-0.2, 0) is 14.3 Å². The monoisotopic (exact) mass is 954 g/mol. The lowest BCUT2D eigenvalue weighted by atomic mass is 10.0. The van der Waals surface area contributed by atoms with Crippen LogP contribution in [0.15, 0.2) is 48.6 Å². The summed E-state index contributed by atoms with van der Waals surface area (Å²) in [6.07, 6.45) is 68.9. The first kappa shape index (κ1) is 65.8. The van der Waals surface area contributed by atoms with Crippen molar-refractivity contribution >= 4 is 11.9 Å². The van der Waals surface area contributed by atoms with Crippen molar-refractivity contribution < 1.29 is 24.5 Å². The number of carbonyl (C=O) groups is 2. The van der Waals surface area contributed by atoms with Crippen LogP contribution in [0.4, 0.5) is 0 Å². The van der Waals surface area contributed by atoms with E-state index in [4.69, 9.17) is 4.74 Å². The smallest absolute Gasteiger partial charge is 0.306 e. The summed E-state index contributed by atoms with van der Waals surface area (Å²) in [7, 11) is 0. The number of carbonyl (C=O) groups excluding carboxylic acids is 2. The SMILES string of the molecule is CCCCCCCCC/C=C/C=C/CCCCCCCC(=O)OC(CCCCC/C=C/C=C/CCCCCCCCC)CC(=O)NC(CO)C(O)CCCCCCCCCCCCCCCCC. The first-order chi connectivity index (χ1) is 33.5. The maximum absolute atomic E-state index is 13.3. The molecule has 3 atom stereocenters. The number of rotatable bonds is 54. The predicted molar refractivity (Wildman–Crippen MR) is 296 cm³/mol. The number of hydrogen-bond donors (Lipinski definition) is 3. The topological polar surface area (TPSA) is 95.9 Å². The molecule has 0 aliphatic heterocycles. The van der Waals surface area contributed by atoms with E-state index in [1.807, 2.05) is 0 Å². The van der Waals surface area contributed by atoms with Gasteiger partial charge >= 0.3 is 5.97 Å². The maximum atomic E-state index is 13.3. The highest BCUT2D eigenvalue weighted by atomic mass is 16.5. The third kappa shape index (κ3) is 50.2. The molecule has 0 bridgehead atoms. The maximum Gasteiger partial charge on any atom is 0.306 e. The van der Waals surface area contributed by atoms with Crippen molar-refractivity contribution in [1.29, 1.82) is 0 Å². The van der Waals surface area contributed by atoms with Gasteiger partial charge in [-0.3, -0.25) is 9.59 Å². The fourth-order valence-electron chi connectivity index (χ4n) is 9.12. The lowest BCUT2D eigenvalue weighted by Crippen LogP contribution is -2.46. The van der Waals surface area contributed by atoms with Crippen molar-refractivity contribution in [2.45, 2.75) is 328 Å². The summed E-state index contributed by atoms with van der Waals surface area (Å²) in [5.41, 5.74) is 0. The number of esters is 1. The molecule has 0 saturated carbocycles. The molecule has 0 aliphatic rings. The predicted octanol–water partition coefficient (Wildman–Crippen LogP) is 18.6.